The van der Waals surface area contributed by atoms with Crippen molar-refractivity contribution in [2.24, 2.45) is 5.92 Å². The van der Waals surface area contributed by atoms with Crippen molar-refractivity contribution in [2.45, 2.75) is 78.2 Å². The molecule has 0 fully saturated rings. The summed E-state index contributed by atoms with van der Waals surface area (Å²) in [4.78, 5) is 0. The molecule has 0 saturated carbocycles. The van der Waals surface area contributed by atoms with Crippen LogP contribution in [0.2, 0.25) is 0 Å². The highest BCUT2D eigenvalue weighted by Gasteiger charge is 1.96. The van der Waals surface area contributed by atoms with Gasteiger partial charge in [0.25, 0.3) is 0 Å². The third-order valence-corrected chi connectivity index (χ3v) is 2.65. The van der Waals surface area contributed by atoms with Gasteiger partial charge in [-0.05, 0) is 19.3 Å². The number of aliphatic hydroxyl groups is 1. The van der Waals surface area contributed by atoms with Gasteiger partial charge < -0.3 is 5.11 Å². The Balaban J connectivity index is 2.92. The molecule has 14 heavy (non-hydrogen) atoms. The van der Waals surface area contributed by atoms with Gasteiger partial charge >= 0.3 is 0 Å². The Kier molecular flexibility index (Phi) is 9.49. The first-order valence-electron chi connectivity index (χ1n) is 6.31. The van der Waals surface area contributed by atoms with Gasteiger partial charge in [-0.1, -0.05) is 58.8 Å². The Morgan fingerprint density at radius 2 is 1.14 bits per heavy atom. The normalized spacial score (nSPS) is 13.5. The lowest BCUT2D eigenvalue weighted by atomic mass is 10.0. The van der Waals surface area contributed by atoms with Crippen LogP contribution < -0.4 is 0 Å². The van der Waals surface area contributed by atoms with Crippen LogP contribution in [0, 0.1) is 5.92 Å². The monoisotopic (exact) mass is 200 g/mol. The third-order valence-electron chi connectivity index (χ3n) is 2.65. The van der Waals surface area contributed by atoms with E-state index in [-0.39, 0.29) is 6.10 Å². The van der Waals surface area contributed by atoms with E-state index in [4.69, 9.17) is 5.11 Å². The molecule has 0 aliphatic carbocycles. The summed E-state index contributed by atoms with van der Waals surface area (Å²) in [5, 5.41) is 9.05. The Hall–Kier alpha value is -0.0400. The van der Waals surface area contributed by atoms with Crippen LogP contribution in [-0.2, 0) is 0 Å². The van der Waals surface area contributed by atoms with Crippen molar-refractivity contribution in [3.63, 3.8) is 0 Å². The first kappa shape index (κ1) is 14.0. The summed E-state index contributed by atoms with van der Waals surface area (Å²) in [6.07, 6.45) is 10.3. The number of aliphatic hydroxyl groups excluding tert-OH is 1. The summed E-state index contributed by atoms with van der Waals surface area (Å²) in [7, 11) is 0. The summed E-state index contributed by atoms with van der Waals surface area (Å²) >= 11 is 0. The van der Waals surface area contributed by atoms with Gasteiger partial charge in [-0.25, -0.2) is 0 Å². The average molecular weight is 200 g/mol. The SMILES string of the molecule is CC(C)CCCCCCCC[C@H](C)O. The highest BCUT2D eigenvalue weighted by Crippen LogP contribution is 2.12. The molecule has 86 valence electrons. The molecule has 0 radical (unpaired) electrons. The molecule has 0 aliphatic rings. The second-order valence-electron chi connectivity index (χ2n) is 4.94. The van der Waals surface area contributed by atoms with Gasteiger partial charge in [-0.2, -0.15) is 0 Å². The molecule has 1 heteroatoms. The fourth-order valence-electron chi connectivity index (χ4n) is 1.70. The van der Waals surface area contributed by atoms with Crippen LogP contribution in [0.5, 0.6) is 0 Å². The quantitative estimate of drug-likeness (QED) is 0.554. The maximum Gasteiger partial charge on any atom is 0.0512 e. The standard InChI is InChI=1S/C13H28O/c1-12(2)10-8-6-4-5-7-9-11-13(3)14/h12-14H,4-11H2,1-3H3/t13-/m0/s1. The van der Waals surface area contributed by atoms with Crippen LogP contribution in [0.15, 0.2) is 0 Å². The Morgan fingerprint density at radius 3 is 1.57 bits per heavy atom. The Morgan fingerprint density at radius 1 is 0.714 bits per heavy atom. The zero-order valence-electron chi connectivity index (χ0n) is 10.3. The second kappa shape index (κ2) is 9.51. The van der Waals surface area contributed by atoms with Crippen molar-refractivity contribution in [3.05, 3.63) is 0 Å². The van der Waals surface area contributed by atoms with Gasteiger partial charge in [0.2, 0.25) is 0 Å². The minimum Gasteiger partial charge on any atom is -0.393 e. The van der Waals surface area contributed by atoms with Crippen molar-refractivity contribution in [1.29, 1.82) is 0 Å². The fourth-order valence-corrected chi connectivity index (χ4v) is 1.70. The van der Waals surface area contributed by atoms with E-state index in [1.54, 1.807) is 0 Å². The lowest BCUT2D eigenvalue weighted by molar-refractivity contribution is 0.180. The molecule has 0 aliphatic heterocycles. The largest absolute Gasteiger partial charge is 0.393 e. The van der Waals surface area contributed by atoms with Crippen molar-refractivity contribution < 1.29 is 5.11 Å². The van der Waals surface area contributed by atoms with E-state index in [0.717, 1.165) is 12.3 Å². The van der Waals surface area contributed by atoms with Crippen LogP contribution in [0.4, 0.5) is 0 Å². The van der Waals surface area contributed by atoms with Crippen LogP contribution in [0.1, 0.15) is 72.1 Å². The van der Waals surface area contributed by atoms with E-state index in [2.05, 4.69) is 13.8 Å². The summed E-state index contributed by atoms with van der Waals surface area (Å²) in [5.74, 6) is 0.866. The minimum absolute atomic E-state index is 0.101. The molecule has 0 bridgehead atoms. The maximum absolute atomic E-state index is 9.05. The molecule has 0 aromatic carbocycles. The second-order valence-corrected chi connectivity index (χ2v) is 4.94. The van der Waals surface area contributed by atoms with Gasteiger partial charge in [-0.15, -0.1) is 0 Å². The zero-order valence-corrected chi connectivity index (χ0v) is 10.3. The van der Waals surface area contributed by atoms with E-state index in [9.17, 15) is 0 Å². The van der Waals surface area contributed by atoms with Crippen LogP contribution >= 0.6 is 0 Å². The first-order chi connectivity index (χ1) is 6.63. The molecule has 0 saturated heterocycles. The van der Waals surface area contributed by atoms with Crippen molar-refractivity contribution in [2.75, 3.05) is 0 Å². The van der Waals surface area contributed by atoms with Gasteiger partial charge in [-0.3, -0.25) is 0 Å². The molecule has 1 N–H and O–H groups in total. The van der Waals surface area contributed by atoms with Crippen molar-refractivity contribution in [1.82, 2.24) is 0 Å². The summed E-state index contributed by atoms with van der Waals surface area (Å²) in [5.41, 5.74) is 0. The minimum atomic E-state index is -0.101. The Labute approximate surface area is 89.9 Å². The van der Waals surface area contributed by atoms with Crippen LogP contribution in [0.3, 0.4) is 0 Å². The predicted molar refractivity (Wildman–Crippen MR) is 63.5 cm³/mol. The molecule has 0 rings (SSSR count). The van der Waals surface area contributed by atoms with Crippen molar-refractivity contribution in [3.8, 4) is 0 Å². The van der Waals surface area contributed by atoms with E-state index >= 15 is 0 Å². The average Bonchev–Trinajstić information content (AvgIpc) is 2.08. The lowest BCUT2D eigenvalue weighted by Crippen LogP contribution is -1.98. The molecular formula is C13H28O. The molecule has 1 atom stereocenters. The predicted octanol–water partition coefficient (Wildman–Crippen LogP) is 4.14. The highest BCUT2D eigenvalue weighted by atomic mass is 16.3. The highest BCUT2D eigenvalue weighted by molar-refractivity contribution is 4.51. The topological polar surface area (TPSA) is 20.2 Å². The summed E-state index contributed by atoms with van der Waals surface area (Å²) < 4.78 is 0. The number of unbranched alkanes of at least 4 members (excludes halogenated alkanes) is 5. The van der Waals surface area contributed by atoms with Gasteiger partial charge in [0.15, 0.2) is 0 Å². The van der Waals surface area contributed by atoms with Crippen molar-refractivity contribution >= 4 is 0 Å². The molecule has 0 amide bonds. The van der Waals surface area contributed by atoms with Crippen LogP contribution in [0.25, 0.3) is 0 Å². The van der Waals surface area contributed by atoms with E-state index in [1.165, 1.54) is 44.9 Å². The maximum atomic E-state index is 9.05. The van der Waals surface area contributed by atoms with Crippen LogP contribution in [-0.4, -0.2) is 11.2 Å². The lowest BCUT2D eigenvalue weighted by Gasteiger charge is -2.05. The molecule has 0 unspecified atom stereocenters. The number of hydrogen-bond donors (Lipinski definition) is 1. The van der Waals surface area contributed by atoms with Gasteiger partial charge in [0.1, 0.15) is 0 Å². The number of hydrogen-bond acceptors (Lipinski definition) is 1. The fraction of sp³-hybridized carbons (Fsp3) is 1.00. The third kappa shape index (κ3) is 12.0. The molecule has 0 heterocycles. The number of rotatable bonds is 9. The molecule has 1 nitrogen and oxygen atoms in total. The smallest absolute Gasteiger partial charge is 0.0512 e. The van der Waals surface area contributed by atoms with Gasteiger partial charge in [0, 0.05) is 0 Å². The summed E-state index contributed by atoms with van der Waals surface area (Å²) in [6.45, 7) is 6.47. The summed E-state index contributed by atoms with van der Waals surface area (Å²) in [6, 6.07) is 0. The Bertz CT molecular complexity index is 93.8. The zero-order chi connectivity index (χ0) is 10.8. The first-order valence-corrected chi connectivity index (χ1v) is 6.31. The van der Waals surface area contributed by atoms with E-state index < -0.39 is 0 Å². The van der Waals surface area contributed by atoms with E-state index in [1.807, 2.05) is 6.92 Å². The molecular weight excluding hydrogens is 172 g/mol. The van der Waals surface area contributed by atoms with E-state index in [0.29, 0.717) is 0 Å². The molecule has 0 aromatic heterocycles. The van der Waals surface area contributed by atoms with Gasteiger partial charge in [0.05, 0.1) is 6.10 Å². The molecule has 0 aromatic rings. The molecule has 0 spiro atoms.